The lowest BCUT2D eigenvalue weighted by Crippen LogP contribution is -2.62. The molecule has 2 rings (SSSR count). The van der Waals surface area contributed by atoms with E-state index in [2.05, 4.69) is 10.6 Å². The van der Waals surface area contributed by atoms with Crippen LogP contribution in [0.2, 0.25) is 0 Å². The summed E-state index contributed by atoms with van der Waals surface area (Å²) in [6.07, 6.45) is 1.31. The average Bonchev–Trinajstić information content (AvgIpc) is 2.68. The van der Waals surface area contributed by atoms with Gasteiger partial charge in [-0.1, -0.05) is 0 Å². The summed E-state index contributed by atoms with van der Waals surface area (Å²) in [7, 11) is -3.32. The van der Waals surface area contributed by atoms with Crippen LogP contribution in [0.3, 0.4) is 0 Å². The van der Waals surface area contributed by atoms with Crippen molar-refractivity contribution in [3.63, 3.8) is 0 Å². The van der Waals surface area contributed by atoms with E-state index >= 15 is 0 Å². The first-order valence-corrected chi connectivity index (χ1v) is 7.47. The van der Waals surface area contributed by atoms with Crippen LogP contribution >= 0.6 is 0 Å². The average molecular weight is 303 g/mol. The van der Waals surface area contributed by atoms with E-state index in [0.29, 0.717) is 0 Å². The minimum atomic E-state index is -3.32. The number of hydrogen-bond acceptors (Lipinski definition) is 5. The van der Waals surface area contributed by atoms with Crippen molar-refractivity contribution in [1.82, 2.24) is 15.5 Å². The summed E-state index contributed by atoms with van der Waals surface area (Å²) in [5, 5.41) is 14.7. The van der Waals surface area contributed by atoms with Crippen molar-refractivity contribution in [1.29, 1.82) is 0 Å². The van der Waals surface area contributed by atoms with Gasteiger partial charge in [0.25, 0.3) is 0 Å². The Kier molecular flexibility index (Phi) is 3.66. The Morgan fingerprint density at radius 3 is 2.70 bits per heavy atom. The van der Waals surface area contributed by atoms with E-state index in [1.165, 1.54) is 6.08 Å². The molecule has 110 valence electrons. The summed E-state index contributed by atoms with van der Waals surface area (Å²) < 4.78 is 22.4. The number of carboxylic acid groups (broad SMARTS) is 1. The van der Waals surface area contributed by atoms with Crippen molar-refractivity contribution in [3.05, 3.63) is 11.5 Å². The minimum Gasteiger partial charge on any atom is -0.480 e. The maximum absolute atomic E-state index is 12.0. The number of aliphatic carboxylic acids is 1. The lowest BCUT2D eigenvalue weighted by atomic mass is 10.2. The van der Waals surface area contributed by atoms with Crippen LogP contribution < -0.4 is 10.6 Å². The quantitative estimate of drug-likeness (QED) is 0.535. The molecule has 3 amide bonds. The second kappa shape index (κ2) is 5.12. The Balaban J connectivity index is 2.05. The second-order valence-electron chi connectivity index (χ2n) is 4.50. The summed E-state index contributed by atoms with van der Waals surface area (Å²) in [6.45, 7) is -0.563. The third-order valence-corrected chi connectivity index (χ3v) is 4.36. The van der Waals surface area contributed by atoms with Crippen molar-refractivity contribution in [2.75, 3.05) is 18.8 Å². The molecule has 0 saturated carbocycles. The van der Waals surface area contributed by atoms with Crippen LogP contribution in [0.25, 0.3) is 0 Å². The molecule has 0 aliphatic carbocycles. The number of hydrogen-bond donors (Lipinski definition) is 3. The lowest BCUT2D eigenvalue weighted by molar-refractivity contribution is -0.144. The largest absolute Gasteiger partial charge is 0.480 e. The van der Waals surface area contributed by atoms with Crippen LogP contribution in [-0.4, -0.2) is 67.3 Å². The van der Waals surface area contributed by atoms with Gasteiger partial charge in [-0.2, -0.15) is 0 Å². The number of nitrogens with zero attached hydrogens (tertiary/aromatic N) is 1. The van der Waals surface area contributed by atoms with E-state index in [0.717, 1.165) is 10.3 Å². The number of sulfone groups is 1. The van der Waals surface area contributed by atoms with Gasteiger partial charge in [0.1, 0.15) is 12.6 Å². The topological polar surface area (TPSA) is 133 Å². The highest BCUT2D eigenvalue weighted by Gasteiger charge is 2.36. The fourth-order valence-corrected chi connectivity index (χ4v) is 3.22. The summed E-state index contributed by atoms with van der Waals surface area (Å²) >= 11 is 0. The molecule has 9 nitrogen and oxygen atoms in total. The Labute approximate surface area is 114 Å². The standard InChI is InChI=1S/C10H13N3O6S/c14-8-4-13(7(3-11-8)9(15)16)10(17)12-6-1-2-20(18,19)5-6/h1-2,6-7H,3-5H2,(H,11,14)(H,12,17)(H,15,16). The highest BCUT2D eigenvalue weighted by Crippen LogP contribution is 2.10. The predicted octanol–water partition coefficient (Wildman–Crippen LogP) is -2.11. The molecule has 0 aromatic heterocycles. The van der Waals surface area contributed by atoms with Gasteiger partial charge >= 0.3 is 12.0 Å². The van der Waals surface area contributed by atoms with E-state index in [4.69, 9.17) is 5.11 Å². The Morgan fingerprint density at radius 1 is 1.45 bits per heavy atom. The summed E-state index contributed by atoms with van der Waals surface area (Å²) in [5.74, 6) is -1.97. The number of urea groups is 1. The van der Waals surface area contributed by atoms with E-state index < -0.39 is 39.8 Å². The summed E-state index contributed by atoms with van der Waals surface area (Å²) in [4.78, 5) is 35.1. The normalized spacial score (nSPS) is 28.0. The molecular formula is C10H13N3O6S. The zero-order valence-corrected chi connectivity index (χ0v) is 11.1. The number of rotatable bonds is 2. The van der Waals surface area contributed by atoms with Gasteiger partial charge in [-0.15, -0.1) is 0 Å². The van der Waals surface area contributed by atoms with Crippen molar-refractivity contribution < 1.29 is 27.9 Å². The molecular weight excluding hydrogens is 290 g/mol. The maximum atomic E-state index is 12.0. The molecule has 0 bridgehead atoms. The fourth-order valence-electron chi connectivity index (χ4n) is 1.98. The summed E-state index contributed by atoms with van der Waals surface area (Å²) in [6, 6.07) is -2.67. The number of carboxylic acids is 1. The highest BCUT2D eigenvalue weighted by molar-refractivity contribution is 7.94. The van der Waals surface area contributed by atoms with Gasteiger partial charge in [-0.3, -0.25) is 9.69 Å². The molecule has 2 aliphatic heterocycles. The van der Waals surface area contributed by atoms with E-state index in [-0.39, 0.29) is 18.8 Å². The molecule has 2 atom stereocenters. The minimum absolute atomic E-state index is 0.180. The second-order valence-corrected chi connectivity index (χ2v) is 6.43. The van der Waals surface area contributed by atoms with Gasteiger partial charge in [0, 0.05) is 12.0 Å². The number of piperazine rings is 1. The van der Waals surface area contributed by atoms with Gasteiger partial charge in [-0.25, -0.2) is 18.0 Å². The van der Waals surface area contributed by atoms with Gasteiger partial charge in [-0.05, 0) is 6.08 Å². The van der Waals surface area contributed by atoms with Crippen LogP contribution in [0, 0.1) is 0 Å². The van der Waals surface area contributed by atoms with E-state index in [1.807, 2.05) is 0 Å². The van der Waals surface area contributed by atoms with Crippen LogP contribution in [-0.2, 0) is 19.4 Å². The predicted molar refractivity (Wildman–Crippen MR) is 66.4 cm³/mol. The molecule has 1 saturated heterocycles. The molecule has 2 unspecified atom stereocenters. The van der Waals surface area contributed by atoms with Gasteiger partial charge in [0.05, 0.1) is 11.8 Å². The van der Waals surface area contributed by atoms with Crippen molar-refractivity contribution in [3.8, 4) is 0 Å². The Morgan fingerprint density at radius 2 is 2.15 bits per heavy atom. The number of carbonyl (C=O) groups is 3. The molecule has 0 aromatic carbocycles. The molecule has 2 heterocycles. The SMILES string of the molecule is O=C1CN(C(=O)NC2C=CS(=O)(=O)C2)C(C(=O)O)CN1. The smallest absolute Gasteiger partial charge is 0.328 e. The first kappa shape index (κ1) is 14.3. The molecule has 10 heteroatoms. The van der Waals surface area contributed by atoms with E-state index in [1.54, 1.807) is 0 Å². The Hall–Kier alpha value is -2.10. The fraction of sp³-hybridized carbons (Fsp3) is 0.500. The molecule has 0 spiro atoms. The maximum Gasteiger partial charge on any atom is 0.328 e. The van der Waals surface area contributed by atoms with Crippen molar-refractivity contribution >= 4 is 27.7 Å². The molecule has 0 radical (unpaired) electrons. The van der Waals surface area contributed by atoms with Crippen molar-refractivity contribution in [2.45, 2.75) is 12.1 Å². The van der Waals surface area contributed by atoms with Gasteiger partial charge < -0.3 is 15.7 Å². The first-order chi connectivity index (χ1) is 9.28. The van der Waals surface area contributed by atoms with Gasteiger partial charge in [0.15, 0.2) is 9.84 Å². The van der Waals surface area contributed by atoms with Crippen LogP contribution in [0.15, 0.2) is 11.5 Å². The zero-order chi connectivity index (χ0) is 14.9. The molecule has 1 fully saturated rings. The lowest BCUT2D eigenvalue weighted by Gasteiger charge is -2.33. The molecule has 0 aromatic rings. The number of nitrogens with one attached hydrogen (secondary N) is 2. The molecule has 3 N–H and O–H groups in total. The van der Waals surface area contributed by atoms with Crippen LogP contribution in [0.4, 0.5) is 4.79 Å². The number of carbonyl (C=O) groups excluding carboxylic acids is 2. The third kappa shape index (κ3) is 3.07. The van der Waals surface area contributed by atoms with Crippen LogP contribution in [0.1, 0.15) is 0 Å². The van der Waals surface area contributed by atoms with Crippen molar-refractivity contribution in [2.24, 2.45) is 0 Å². The zero-order valence-electron chi connectivity index (χ0n) is 10.3. The van der Waals surface area contributed by atoms with Gasteiger partial charge in [0.2, 0.25) is 5.91 Å². The monoisotopic (exact) mass is 303 g/mol. The van der Waals surface area contributed by atoms with E-state index in [9.17, 15) is 22.8 Å². The Bertz CT molecular complexity index is 584. The highest BCUT2D eigenvalue weighted by atomic mass is 32.2. The first-order valence-electron chi connectivity index (χ1n) is 5.76. The van der Waals surface area contributed by atoms with Crippen LogP contribution in [0.5, 0.6) is 0 Å². The number of amides is 3. The third-order valence-electron chi connectivity index (χ3n) is 2.97. The molecule has 20 heavy (non-hydrogen) atoms. The summed E-state index contributed by atoms with van der Waals surface area (Å²) in [5.41, 5.74) is 0. The molecule has 2 aliphatic rings.